The number of nitro benzene ring substituents is 1. The van der Waals surface area contributed by atoms with Gasteiger partial charge in [0.25, 0.3) is 11.6 Å². The van der Waals surface area contributed by atoms with Crippen LogP contribution >= 0.6 is 0 Å². The minimum absolute atomic E-state index is 0.0783. The average Bonchev–Trinajstić information content (AvgIpc) is 2.47. The van der Waals surface area contributed by atoms with Crippen molar-refractivity contribution in [3.8, 4) is 0 Å². The van der Waals surface area contributed by atoms with Crippen molar-refractivity contribution in [3.63, 3.8) is 0 Å². The van der Waals surface area contributed by atoms with E-state index in [-0.39, 0.29) is 11.6 Å². The molecule has 0 aliphatic carbocycles. The van der Waals surface area contributed by atoms with E-state index in [4.69, 9.17) is 5.84 Å². The van der Waals surface area contributed by atoms with Crippen LogP contribution in [0.15, 0.2) is 48.5 Å². The van der Waals surface area contributed by atoms with Crippen LogP contribution in [0.25, 0.3) is 0 Å². The molecular formula is C13H12N4O3. The fraction of sp³-hybridized carbons (Fsp3) is 0. The first-order valence-electron chi connectivity index (χ1n) is 5.72. The zero-order valence-electron chi connectivity index (χ0n) is 10.4. The van der Waals surface area contributed by atoms with Crippen LogP contribution in [0.5, 0.6) is 0 Å². The number of nitrogens with one attached hydrogen (secondary N) is 2. The fourth-order valence-electron chi connectivity index (χ4n) is 1.62. The Bertz CT molecular complexity index is 640. The molecule has 0 unspecified atom stereocenters. The Kier molecular flexibility index (Phi) is 3.92. The molecule has 2 aromatic rings. The average molecular weight is 272 g/mol. The number of benzene rings is 2. The number of amides is 1. The van der Waals surface area contributed by atoms with Crippen LogP contribution in [0.3, 0.4) is 0 Å². The molecule has 0 radical (unpaired) electrons. The quantitative estimate of drug-likeness (QED) is 0.448. The minimum Gasteiger partial charge on any atom is -0.324 e. The number of hydrogen-bond donors (Lipinski definition) is 3. The number of non-ortho nitro benzene ring substituents is 1. The zero-order chi connectivity index (χ0) is 14.5. The first-order chi connectivity index (χ1) is 9.60. The monoisotopic (exact) mass is 272 g/mol. The Hall–Kier alpha value is -2.93. The van der Waals surface area contributed by atoms with Crippen LogP contribution in [-0.2, 0) is 0 Å². The Balaban J connectivity index is 2.14. The molecular weight excluding hydrogens is 260 g/mol. The standard InChI is InChI=1S/C13H12N4O3/c14-16-10-6-4-9(5-7-10)13(18)15-11-2-1-3-12(8-11)17(19)20/h1-8,16H,14H2,(H,15,18). The Morgan fingerprint density at radius 3 is 2.40 bits per heavy atom. The molecule has 102 valence electrons. The van der Waals surface area contributed by atoms with Crippen molar-refractivity contribution in [2.75, 3.05) is 10.7 Å². The Morgan fingerprint density at radius 1 is 1.10 bits per heavy atom. The maximum absolute atomic E-state index is 12.0. The summed E-state index contributed by atoms with van der Waals surface area (Å²) in [6, 6.07) is 12.3. The lowest BCUT2D eigenvalue weighted by Crippen LogP contribution is -2.12. The van der Waals surface area contributed by atoms with Gasteiger partial charge in [-0.15, -0.1) is 0 Å². The molecule has 0 bridgehead atoms. The van der Waals surface area contributed by atoms with Crippen molar-refractivity contribution < 1.29 is 9.72 Å². The maximum Gasteiger partial charge on any atom is 0.271 e. The number of nitrogens with two attached hydrogens (primary N) is 1. The van der Waals surface area contributed by atoms with Crippen molar-refractivity contribution in [1.82, 2.24) is 0 Å². The summed E-state index contributed by atoms with van der Waals surface area (Å²) in [5, 5.41) is 13.2. The highest BCUT2D eigenvalue weighted by atomic mass is 16.6. The molecule has 0 fully saturated rings. The molecule has 7 heteroatoms. The molecule has 0 saturated heterocycles. The normalized spacial score (nSPS) is 9.85. The van der Waals surface area contributed by atoms with Crippen molar-refractivity contribution in [2.45, 2.75) is 0 Å². The van der Waals surface area contributed by atoms with E-state index in [1.54, 1.807) is 30.3 Å². The molecule has 0 spiro atoms. The number of carbonyl (C=O) groups excluding carboxylic acids is 1. The number of anilines is 2. The van der Waals surface area contributed by atoms with E-state index in [1.165, 1.54) is 18.2 Å². The molecule has 4 N–H and O–H groups in total. The van der Waals surface area contributed by atoms with Crippen LogP contribution in [0.2, 0.25) is 0 Å². The third-order valence-corrected chi connectivity index (χ3v) is 2.63. The van der Waals surface area contributed by atoms with Crippen molar-refractivity contribution in [1.29, 1.82) is 0 Å². The number of nitrogens with zero attached hydrogens (tertiary/aromatic N) is 1. The molecule has 0 saturated carbocycles. The lowest BCUT2D eigenvalue weighted by molar-refractivity contribution is -0.384. The second-order valence-corrected chi connectivity index (χ2v) is 3.98. The number of hydrogen-bond acceptors (Lipinski definition) is 5. The molecule has 0 aliphatic heterocycles. The molecule has 0 atom stereocenters. The summed E-state index contributed by atoms with van der Waals surface area (Å²) in [6.45, 7) is 0. The highest BCUT2D eigenvalue weighted by Gasteiger charge is 2.09. The molecule has 0 heterocycles. The molecule has 0 aliphatic rings. The first kappa shape index (κ1) is 13.5. The second-order valence-electron chi connectivity index (χ2n) is 3.98. The predicted molar refractivity (Wildman–Crippen MR) is 75.3 cm³/mol. The van der Waals surface area contributed by atoms with E-state index in [0.29, 0.717) is 16.9 Å². The van der Waals surface area contributed by atoms with Gasteiger partial charge in [-0.3, -0.25) is 20.8 Å². The van der Waals surface area contributed by atoms with Crippen LogP contribution < -0.4 is 16.6 Å². The molecule has 0 aromatic heterocycles. The van der Waals surface area contributed by atoms with Gasteiger partial charge in [-0.1, -0.05) is 6.07 Å². The van der Waals surface area contributed by atoms with Gasteiger partial charge in [0, 0.05) is 29.1 Å². The summed E-state index contributed by atoms with van der Waals surface area (Å²) < 4.78 is 0. The van der Waals surface area contributed by atoms with Crippen LogP contribution in [-0.4, -0.2) is 10.8 Å². The van der Waals surface area contributed by atoms with Gasteiger partial charge in [-0.05, 0) is 30.3 Å². The van der Waals surface area contributed by atoms with E-state index in [2.05, 4.69) is 10.7 Å². The lowest BCUT2D eigenvalue weighted by Gasteiger charge is -2.06. The summed E-state index contributed by atoms with van der Waals surface area (Å²) in [7, 11) is 0. The summed E-state index contributed by atoms with van der Waals surface area (Å²) in [4.78, 5) is 22.1. The van der Waals surface area contributed by atoms with E-state index in [9.17, 15) is 14.9 Å². The van der Waals surface area contributed by atoms with E-state index in [1.807, 2.05) is 0 Å². The largest absolute Gasteiger partial charge is 0.324 e. The van der Waals surface area contributed by atoms with Crippen molar-refractivity contribution in [2.24, 2.45) is 5.84 Å². The zero-order valence-corrected chi connectivity index (χ0v) is 10.4. The molecule has 1 amide bonds. The smallest absolute Gasteiger partial charge is 0.271 e. The van der Waals surface area contributed by atoms with Gasteiger partial charge in [-0.2, -0.15) is 0 Å². The summed E-state index contributed by atoms with van der Waals surface area (Å²) in [5.41, 5.74) is 3.85. The highest BCUT2D eigenvalue weighted by Crippen LogP contribution is 2.18. The van der Waals surface area contributed by atoms with Gasteiger partial charge < -0.3 is 10.7 Å². The van der Waals surface area contributed by atoms with Crippen LogP contribution in [0.1, 0.15) is 10.4 Å². The second kappa shape index (κ2) is 5.81. The van der Waals surface area contributed by atoms with E-state index >= 15 is 0 Å². The van der Waals surface area contributed by atoms with Gasteiger partial charge in [0.2, 0.25) is 0 Å². The van der Waals surface area contributed by atoms with Crippen LogP contribution in [0, 0.1) is 10.1 Å². The maximum atomic E-state index is 12.0. The third kappa shape index (κ3) is 3.09. The predicted octanol–water partition coefficient (Wildman–Crippen LogP) is 2.13. The summed E-state index contributed by atoms with van der Waals surface area (Å²) >= 11 is 0. The minimum atomic E-state index is -0.516. The van der Waals surface area contributed by atoms with Gasteiger partial charge in [0.1, 0.15) is 0 Å². The van der Waals surface area contributed by atoms with Crippen molar-refractivity contribution in [3.05, 3.63) is 64.2 Å². The first-order valence-corrected chi connectivity index (χ1v) is 5.72. The molecule has 7 nitrogen and oxygen atoms in total. The van der Waals surface area contributed by atoms with Gasteiger partial charge in [0.05, 0.1) is 4.92 Å². The van der Waals surface area contributed by atoms with Crippen LogP contribution in [0.4, 0.5) is 17.1 Å². The number of carbonyl (C=O) groups is 1. The number of nitro groups is 1. The topological polar surface area (TPSA) is 110 Å². The molecule has 2 rings (SSSR count). The number of hydrazine groups is 1. The van der Waals surface area contributed by atoms with Crippen molar-refractivity contribution >= 4 is 23.0 Å². The lowest BCUT2D eigenvalue weighted by atomic mass is 10.2. The summed E-state index contributed by atoms with van der Waals surface area (Å²) in [5.74, 6) is 4.88. The van der Waals surface area contributed by atoms with E-state index < -0.39 is 4.92 Å². The third-order valence-electron chi connectivity index (χ3n) is 2.63. The number of nitrogen functional groups attached to an aromatic ring is 1. The number of rotatable bonds is 4. The van der Waals surface area contributed by atoms with E-state index in [0.717, 1.165) is 0 Å². The summed E-state index contributed by atoms with van der Waals surface area (Å²) in [6.07, 6.45) is 0. The Labute approximate surface area is 114 Å². The molecule has 20 heavy (non-hydrogen) atoms. The highest BCUT2D eigenvalue weighted by molar-refractivity contribution is 6.04. The van der Waals surface area contributed by atoms with Gasteiger partial charge in [0.15, 0.2) is 0 Å². The Morgan fingerprint density at radius 2 is 1.80 bits per heavy atom. The van der Waals surface area contributed by atoms with Gasteiger partial charge >= 0.3 is 0 Å². The molecule has 2 aromatic carbocycles. The van der Waals surface area contributed by atoms with Gasteiger partial charge in [-0.25, -0.2) is 0 Å². The fourth-order valence-corrected chi connectivity index (χ4v) is 1.62. The SMILES string of the molecule is NNc1ccc(C(=O)Nc2cccc([N+](=O)[O-])c2)cc1.